The minimum Gasteiger partial charge on any atom is -0.464 e. The molecule has 9 nitrogen and oxygen atoms in total. The first-order chi connectivity index (χ1) is 13.1. The van der Waals surface area contributed by atoms with Gasteiger partial charge in [-0.15, -0.1) is 10.2 Å². The Bertz CT molecular complexity index is 931. The molecule has 0 saturated carbocycles. The molecule has 0 fully saturated rings. The lowest BCUT2D eigenvalue weighted by Crippen LogP contribution is -2.08. The smallest absolute Gasteiger partial charge is 0.358 e. The molecule has 2 aromatic heterocycles. The summed E-state index contributed by atoms with van der Waals surface area (Å²) >= 11 is 1.40. The van der Waals surface area contributed by atoms with E-state index in [4.69, 9.17) is 0 Å². The lowest BCUT2D eigenvalue weighted by Gasteiger charge is -2.11. The number of nitrogens with zero attached hydrogens (tertiary/aromatic N) is 7. The third-order valence-electron chi connectivity index (χ3n) is 3.60. The van der Waals surface area contributed by atoms with Crippen LogP contribution in [0.5, 0.6) is 0 Å². The standard InChI is InChI=1S/C17H19N7O2S/c1-22(2)14-6-4-13(5-7-14)10-19-24-11-18-20-17(24)27-12-23-9-8-15(21-23)16(25)26-3/h4-11H,12H2,1-3H3/b19-10+. The van der Waals surface area contributed by atoms with Crippen molar-refractivity contribution in [3.8, 4) is 0 Å². The number of rotatable bonds is 7. The highest BCUT2D eigenvalue weighted by Gasteiger charge is 2.10. The number of esters is 1. The first kappa shape index (κ1) is 18.6. The molecule has 0 radical (unpaired) electrons. The molecule has 3 rings (SSSR count). The largest absolute Gasteiger partial charge is 0.464 e. The van der Waals surface area contributed by atoms with Gasteiger partial charge in [0, 0.05) is 26.0 Å². The van der Waals surface area contributed by atoms with Crippen LogP contribution in [0.3, 0.4) is 0 Å². The fraction of sp³-hybridized carbons (Fsp3) is 0.235. The Morgan fingerprint density at radius 1 is 1.30 bits per heavy atom. The predicted octanol–water partition coefficient (Wildman–Crippen LogP) is 1.96. The van der Waals surface area contributed by atoms with Crippen molar-refractivity contribution < 1.29 is 9.53 Å². The minimum absolute atomic E-state index is 0.263. The Kier molecular flexibility index (Phi) is 5.87. The zero-order chi connectivity index (χ0) is 19.2. The Morgan fingerprint density at radius 2 is 2.07 bits per heavy atom. The Balaban J connectivity index is 1.63. The van der Waals surface area contributed by atoms with Gasteiger partial charge in [-0.3, -0.25) is 4.68 Å². The van der Waals surface area contributed by atoms with Crippen molar-refractivity contribution in [3.63, 3.8) is 0 Å². The van der Waals surface area contributed by atoms with Crippen molar-refractivity contribution in [2.75, 3.05) is 26.1 Å². The number of anilines is 1. The minimum atomic E-state index is -0.466. The topological polar surface area (TPSA) is 90.4 Å². The van der Waals surface area contributed by atoms with E-state index in [1.165, 1.54) is 25.2 Å². The molecule has 0 bridgehead atoms. The molecule has 2 heterocycles. The summed E-state index contributed by atoms with van der Waals surface area (Å²) in [6.45, 7) is 0. The van der Waals surface area contributed by atoms with E-state index in [9.17, 15) is 4.79 Å². The van der Waals surface area contributed by atoms with Gasteiger partial charge in [0.05, 0.1) is 19.2 Å². The molecule has 0 atom stereocenters. The van der Waals surface area contributed by atoms with E-state index in [2.05, 4.69) is 25.1 Å². The van der Waals surface area contributed by atoms with Crippen LogP contribution in [0.1, 0.15) is 16.1 Å². The maximum atomic E-state index is 11.4. The van der Waals surface area contributed by atoms with Gasteiger partial charge < -0.3 is 9.64 Å². The SMILES string of the molecule is COC(=O)c1ccn(CSc2nncn2/N=C/c2ccc(N(C)C)cc2)n1. The van der Waals surface area contributed by atoms with Crippen molar-refractivity contribution in [2.45, 2.75) is 11.0 Å². The van der Waals surface area contributed by atoms with Crippen molar-refractivity contribution in [1.82, 2.24) is 24.7 Å². The van der Waals surface area contributed by atoms with Crippen LogP contribution in [0.15, 0.2) is 53.1 Å². The summed E-state index contributed by atoms with van der Waals surface area (Å²) in [6, 6.07) is 9.65. The molecule has 140 valence electrons. The summed E-state index contributed by atoms with van der Waals surface area (Å²) in [7, 11) is 5.32. The van der Waals surface area contributed by atoms with Crippen molar-refractivity contribution in [2.24, 2.45) is 5.10 Å². The van der Waals surface area contributed by atoms with Gasteiger partial charge in [0.1, 0.15) is 6.33 Å². The number of aromatic nitrogens is 5. The molecule has 0 saturated heterocycles. The van der Waals surface area contributed by atoms with E-state index in [1.807, 2.05) is 43.3 Å². The number of benzene rings is 1. The second kappa shape index (κ2) is 8.49. The molecule has 0 unspecified atom stereocenters. The van der Waals surface area contributed by atoms with Crippen LogP contribution in [0.25, 0.3) is 0 Å². The van der Waals surface area contributed by atoms with Crippen LogP contribution >= 0.6 is 11.8 Å². The molecule has 0 aliphatic carbocycles. The second-order valence-corrected chi connectivity index (χ2v) is 6.61. The van der Waals surface area contributed by atoms with Crippen LogP contribution in [0, 0.1) is 0 Å². The van der Waals surface area contributed by atoms with Gasteiger partial charge in [-0.25, -0.2) is 4.79 Å². The molecule has 0 aliphatic rings. The van der Waals surface area contributed by atoms with E-state index in [1.54, 1.807) is 27.8 Å². The average Bonchev–Trinajstić information content (AvgIpc) is 3.33. The van der Waals surface area contributed by atoms with Gasteiger partial charge in [0.25, 0.3) is 0 Å². The van der Waals surface area contributed by atoms with Gasteiger partial charge in [-0.1, -0.05) is 23.9 Å². The van der Waals surface area contributed by atoms with Gasteiger partial charge in [-0.05, 0) is 23.8 Å². The van der Waals surface area contributed by atoms with Crippen LogP contribution in [-0.2, 0) is 10.6 Å². The monoisotopic (exact) mass is 385 g/mol. The highest BCUT2D eigenvalue weighted by molar-refractivity contribution is 7.98. The highest BCUT2D eigenvalue weighted by Crippen LogP contribution is 2.17. The zero-order valence-electron chi connectivity index (χ0n) is 15.2. The molecule has 0 aliphatic heterocycles. The number of thioether (sulfide) groups is 1. The third-order valence-corrected chi connectivity index (χ3v) is 4.52. The normalized spacial score (nSPS) is 11.1. The predicted molar refractivity (Wildman–Crippen MR) is 103 cm³/mol. The molecule has 10 heteroatoms. The first-order valence-electron chi connectivity index (χ1n) is 8.03. The maximum Gasteiger partial charge on any atom is 0.358 e. The maximum absolute atomic E-state index is 11.4. The molecule has 27 heavy (non-hydrogen) atoms. The third kappa shape index (κ3) is 4.73. The molecular weight excluding hydrogens is 366 g/mol. The second-order valence-electron chi connectivity index (χ2n) is 5.69. The summed E-state index contributed by atoms with van der Waals surface area (Å²) in [5, 5.41) is 17.1. The van der Waals surface area contributed by atoms with E-state index < -0.39 is 5.97 Å². The fourth-order valence-electron chi connectivity index (χ4n) is 2.15. The van der Waals surface area contributed by atoms with Gasteiger partial charge in [-0.2, -0.15) is 14.9 Å². The lowest BCUT2D eigenvalue weighted by molar-refractivity contribution is 0.0593. The fourth-order valence-corrected chi connectivity index (χ4v) is 2.87. The number of carbonyl (C=O) groups excluding carboxylic acids is 1. The zero-order valence-corrected chi connectivity index (χ0v) is 16.0. The molecular formula is C17H19N7O2S. The van der Waals surface area contributed by atoms with E-state index >= 15 is 0 Å². The van der Waals surface area contributed by atoms with Crippen molar-refractivity contribution in [3.05, 3.63) is 54.1 Å². The van der Waals surface area contributed by atoms with Crippen LogP contribution in [0.4, 0.5) is 5.69 Å². The molecule has 0 N–H and O–H groups in total. The van der Waals surface area contributed by atoms with Gasteiger partial charge in [0.2, 0.25) is 5.16 Å². The number of hydrogen-bond acceptors (Lipinski definition) is 8. The molecule has 0 amide bonds. The van der Waals surface area contributed by atoms with Crippen molar-refractivity contribution in [1.29, 1.82) is 0 Å². The summed E-state index contributed by atoms with van der Waals surface area (Å²) in [5.74, 6) is -0.00487. The summed E-state index contributed by atoms with van der Waals surface area (Å²) in [5.41, 5.74) is 2.36. The van der Waals surface area contributed by atoms with E-state index in [0.29, 0.717) is 11.0 Å². The summed E-state index contributed by atoms with van der Waals surface area (Å²) < 4.78 is 7.86. The number of hydrogen-bond donors (Lipinski definition) is 0. The molecule has 3 aromatic rings. The molecule has 1 aromatic carbocycles. The summed E-state index contributed by atoms with van der Waals surface area (Å²) in [4.78, 5) is 13.5. The summed E-state index contributed by atoms with van der Waals surface area (Å²) in [6.07, 6.45) is 4.99. The Morgan fingerprint density at radius 3 is 2.78 bits per heavy atom. The van der Waals surface area contributed by atoms with Crippen LogP contribution in [0.2, 0.25) is 0 Å². The van der Waals surface area contributed by atoms with Crippen molar-refractivity contribution >= 4 is 29.6 Å². The molecule has 0 spiro atoms. The number of ether oxygens (including phenoxy) is 1. The van der Waals surface area contributed by atoms with Gasteiger partial charge in [0.15, 0.2) is 5.69 Å². The Hall–Kier alpha value is -3.14. The number of methoxy groups -OCH3 is 1. The highest BCUT2D eigenvalue weighted by atomic mass is 32.2. The van der Waals surface area contributed by atoms with Crippen LogP contribution < -0.4 is 4.90 Å². The average molecular weight is 385 g/mol. The van der Waals surface area contributed by atoms with Gasteiger partial charge >= 0.3 is 5.97 Å². The van der Waals surface area contributed by atoms with Crippen LogP contribution in [-0.4, -0.2) is 58.0 Å². The first-order valence-corrected chi connectivity index (χ1v) is 9.01. The van der Waals surface area contributed by atoms with E-state index in [0.717, 1.165) is 11.3 Å². The quantitative estimate of drug-likeness (QED) is 0.349. The lowest BCUT2D eigenvalue weighted by atomic mass is 10.2. The number of carbonyl (C=O) groups is 1. The Labute approximate surface area is 160 Å². The van der Waals surface area contributed by atoms with E-state index in [-0.39, 0.29) is 5.69 Å².